The molecular formula is C64H77BrCl3N9O8S3. The van der Waals surface area contributed by atoms with Gasteiger partial charge in [0.15, 0.2) is 25.5 Å². The van der Waals surface area contributed by atoms with Crippen molar-refractivity contribution < 1.29 is 35.8 Å². The molecule has 4 aromatic carbocycles. The van der Waals surface area contributed by atoms with Crippen molar-refractivity contribution in [3.63, 3.8) is 0 Å². The zero-order chi connectivity index (χ0) is 64.7. The summed E-state index contributed by atoms with van der Waals surface area (Å²) in [4.78, 5) is 21.4. The van der Waals surface area contributed by atoms with Gasteiger partial charge in [-0.3, -0.25) is 25.0 Å². The smallest absolute Gasteiger partial charge is 0.186 e. The van der Waals surface area contributed by atoms with E-state index in [0.717, 1.165) is 81.6 Å². The Kier molecular flexibility index (Phi) is 24.1. The molecule has 0 aliphatic rings. The number of aromatic amines is 2. The number of ether oxygens (including phenoxy) is 4. The fourth-order valence-electron chi connectivity index (χ4n) is 8.09. The van der Waals surface area contributed by atoms with Crippen LogP contribution in [-0.2, 0) is 19.7 Å². The largest absolute Gasteiger partial charge is 0.496 e. The van der Waals surface area contributed by atoms with Crippen LogP contribution in [0.25, 0.3) is 43.6 Å². The van der Waals surface area contributed by atoms with Crippen molar-refractivity contribution in [2.75, 3.05) is 39.5 Å². The molecule has 17 nitrogen and oxygen atoms in total. The normalized spacial score (nSPS) is 11.6. The van der Waals surface area contributed by atoms with Crippen molar-refractivity contribution in [1.82, 2.24) is 35.1 Å². The molecule has 5 N–H and O–H groups in total. The van der Waals surface area contributed by atoms with Gasteiger partial charge in [-0.25, -0.2) is 16.8 Å². The second-order valence-electron chi connectivity index (χ2n) is 22.7. The quantitative estimate of drug-likeness (QED) is 0.0983. The number of nitrogens with one attached hydrogen (secondary N) is 3. The van der Waals surface area contributed by atoms with Crippen LogP contribution in [0.15, 0.2) is 123 Å². The number of hydrogen-bond donors (Lipinski definition) is 4. The van der Waals surface area contributed by atoms with Gasteiger partial charge < -0.3 is 35.0 Å². The first-order valence-electron chi connectivity index (χ1n) is 26.9. The molecule has 0 saturated heterocycles. The van der Waals surface area contributed by atoms with Crippen molar-refractivity contribution in [1.29, 1.82) is 0 Å². The molecule has 0 atom stereocenters. The van der Waals surface area contributed by atoms with Crippen molar-refractivity contribution >= 4 is 143 Å². The lowest BCUT2D eigenvalue weighted by molar-refractivity contribution is 0.402. The summed E-state index contributed by atoms with van der Waals surface area (Å²) in [6.45, 7) is 24.4. The number of hydrogen-bond acceptors (Lipinski definition) is 16. The fourth-order valence-corrected chi connectivity index (χ4v) is 13.0. The zero-order valence-corrected chi connectivity index (χ0v) is 57.9. The molecule has 88 heavy (non-hydrogen) atoms. The third-order valence-electron chi connectivity index (χ3n) is 13.5. The van der Waals surface area contributed by atoms with E-state index in [4.69, 9.17) is 59.5 Å². The van der Waals surface area contributed by atoms with Gasteiger partial charge in [0.1, 0.15) is 32.8 Å². The zero-order valence-electron chi connectivity index (χ0n) is 51.6. The van der Waals surface area contributed by atoms with Gasteiger partial charge >= 0.3 is 0 Å². The third-order valence-corrected chi connectivity index (χ3v) is 21.3. The summed E-state index contributed by atoms with van der Waals surface area (Å²) in [5, 5.41) is 15.5. The predicted octanol–water partition coefficient (Wildman–Crippen LogP) is 17.7. The molecule has 6 heterocycles. The number of aromatic nitrogens is 7. The van der Waals surface area contributed by atoms with Crippen LogP contribution in [0.5, 0.6) is 23.0 Å². The lowest BCUT2D eigenvalue weighted by Gasteiger charge is -2.21. The maximum absolute atomic E-state index is 13.1. The summed E-state index contributed by atoms with van der Waals surface area (Å²) >= 11 is 23.5. The van der Waals surface area contributed by atoms with Gasteiger partial charge in [-0.15, -0.1) is 11.8 Å². The molecule has 0 aliphatic carbocycles. The van der Waals surface area contributed by atoms with Crippen LogP contribution < -0.4 is 30.0 Å². The number of thioether (sulfide) groups is 1. The van der Waals surface area contributed by atoms with E-state index >= 15 is 0 Å². The molecule has 6 aromatic heterocycles. The monoisotopic (exact) mass is 1380 g/mol. The molecule has 0 aliphatic heterocycles. The molecule has 10 aromatic rings. The summed E-state index contributed by atoms with van der Waals surface area (Å²) in [6, 6.07) is 21.2. The van der Waals surface area contributed by atoms with E-state index in [0.29, 0.717) is 37.7 Å². The summed E-state index contributed by atoms with van der Waals surface area (Å²) in [7, 11) is -0.948. The molecule has 0 radical (unpaired) electrons. The summed E-state index contributed by atoms with van der Waals surface area (Å²) < 4.78 is 71.7. The first kappa shape index (κ1) is 72.2. The number of fused-ring (bicyclic) bond motifs is 4. The van der Waals surface area contributed by atoms with E-state index in [2.05, 4.69) is 83.2 Å². The maximum Gasteiger partial charge on any atom is 0.186 e. The molecule has 0 amide bonds. The number of benzene rings is 4. The SMILES string of the molecule is C.COc1cc2nccc(Cl)c2cc1Br.COc1cc2nccc(Cl)c2cc1S(=O)(=O)C(C)(C)C.COc1cc2nccc(Cl)c2cc1SC(C)(C)C.COc1cc2nccc(Nc3n[nH]c(C)c3C)c2cc1S(=O)(=O)C(C)(C)C.Cc1[nH]cc(N)c1C. The number of methoxy groups -OCH3 is 4. The van der Waals surface area contributed by atoms with Crippen molar-refractivity contribution in [2.45, 2.75) is 126 Å². The van der Waals surface area contributed by atoms with E-state index in [1.807, 2.05) is 58.2 Å². The molecule has 0 fully saturated rings. The minimum Gasteiger partial charge on any atom is -0.496 e. The lowest BCUT2D eigenvalue weighted by atomic mass is 10.1. The Morgan fingerprint density at radius 1 is 0.545 bits per heavy atom. The van der Waals surface area contributed by atoms with Crippen molar-refractivity contribution in [3.8, 4) is 23.0 Å². The molecule has 10 rings (SSSR count). The molecule has 472 valence electrons. The van der Waals surface area contributed by atoms with E-state index in [1.54, 1.807) is 129 Å². The third kappa shape index (κ3) is 16.8. The number of aryl methyl sites for hydroxylation is 2. The van der Waals surface area contributed by atoms with Gasteiger partial charge in [-0.2, -0.15) is 5.10 Å². The van der Waals surface area contributed by atoms with Crippen LogP contribution in [-0.4, -0.2) is 94.6 Å². The Morgan fingerprint density at radius 2 is 0.943 bits per heavy atom. The number of H-pyrrole nitrogens is 2. The highest BCUT2D eigenvalue weighted by Crippen LogP contribution is 2.42. The highest BCUT2D eigenvalue weighted by Gasteiger charge is 2.35. The summed E-state index contributed by atoms with van der Waals surface area (Å²) in [5.41, 5.74) is 14.3. The standard InChI is InChI=1S/C19H24N4O3S.C14H16ClNO3S.C14H16ClNOS.C10H7BrClNO.C6H10N2.CH4/c1-11-12(2)22-23-18(11)21-14-7-8-20-15-10-16(26-6)17(9-13(14)15)27(24,25)19(3,4)5;1-14(2,3)20(17,18)13-7-9-10(15)5-6-16-11(9)8-12(13)19-4;1-14(2,3)18-13-7-9-10(15)5-6-16-11(9)8-12(13)17-4;1-14-10-5-9-6(4-7(10)11)8(12)2-3-13-9;1-4-5(2)8-3-6(4)7;/h7-10H,1-6H3,(H2,20,21,22,23);5-8H,1-4H3;5-8H,1-4H3;2-5H,1H3;3,8H,7H2,1-2H3;1H4. The first-order chi connectivity index (χ1) is 40.6. The molecule has 24 heteroatoms. The number of nitrogens with two attached hydrogens (primary N) is 1. The minimum absolute atomic E-state index is 0. The second kappa shape index (κ2) is 29.4. The Hall–Kier alpha value is -6.59. The Labute approximate surface area is 544 Å². The van der Waals surface area contributed by atoms with Gasteiger partial charge in [0, 0.05) is 98.5 Å². The first-order valence-corrected chi connectivity index (χ1v) is 32.7. The number of anilines is 3. The lowest BCUT2D eigenvalue weighted by Crippen LogP contribution is -2.28. The minimum atomic E-state index is -3.61. The number of pyridine rings is 4. The van der Waals surface area contributed by atoms with Crippen LogP contribution in [0, 0.1) is 27.7 Å². The van der Waals surface area contributed by atoms with Crippen molar-refractivity contribution in [3.05, 3.63) is 146 Å². The Bertz CT molecular complexity index is 4340. The van der Waals surface area contributed by atoms with Gasteiger partial charge in [-0.05, 0) is 139 Å². The second-order valence-corrected chi connectivity index (χ2v) is 32.0. The summed E-state index contributed by atoms with van der Waals surface area (Å²) in [5.74, 6) is 2.86. The Balaban J connectivity index is 0.000000208. The predicted molar refractivity (Wildman–Crippen MR) is 368 cm³/mol. The average Bonchev–Trinajstić information content (AvgIpc) is 1.49. The van der Waals surface area contributed by atoms with Gasteiger partial charge in [0.2, 0.25) is 0 Å². The van der Waals surface area contributed by atoms with Crippen molar-refractivity contribution in [2.24, 2.45) is 0 Å². The van der Waals surface area contributed by atoms with Gasteiger partial charge in [-0.1, -0.05) is 63.0 Å². The number of halogens is 4. The van der Waals surface area contributed by atoms with Crippen LogP contribution in [0.4, 0.5) is 17.2 Å². The van der Waals surface area contributed by atoms with Crippen LogP contribution >= 0.6 is 62.5 Å². The maximum atomic E-state index is 13.1. The molecule has 0 unspecified atom stereocenters. The topological polar surface area (TPSA) is 239 Å². The molecular weight excluding hydrogens is 1310 g/mol. The molecule has 0 saturated carbocycles. The number of sulfone groups is 2. The number of rotatable bonds is 9. The average molecular weight is 1380 g/mol. The number of nitrogen functional groups attached to an aromatic ring is 1. The Morgan fingerprint density at radius 3 is 1.32 bits per heavy atom. The van der Waals surface area contributed by atoms with Gasteiger partial charge in [0.25, 0.3) is 0 Å². The van der Waals surface area contributed by atoms with E-state index in [-0.39, 0.29) is 33.5 Å². The highest BCUT2D eigenvalue weighted by molar-refractivity contribution is 9.10. The highest BCUT2D eigenvalue weighted by atomic mass is 79.9. The van der Waals surface area contributed by atoms with Crippen LogP contribution in [0.2, 0.25) is 15.1 Å². The fraction of sp³-hybridized carbons (Fsp3) is 0.328. The van der Waals surface area contributed by atoms with E-state index < -0.39 is 29.2 Å². The van der Waals surface area contributed by atoms with E-state index in [9.17, 15) is 16.8 Å². The number of nitrogens with zero attached hydrogens (tertiary/aromatic N) is 5. The van der Waals surface area contributed by atoms with Crippen LogP contribution in [0.3, 0.4) is 0 Å². The van der Waals surface area contributed by atoms with Crippen LogP contribution in [0.1, 0.15) is 92.3 Å². The molecule has 0 bridgehead atoms. The summed E-state index contributed by atoms with van der Waals surface area (Å²) in [6.07, 6.45) is 8.43. The molecule has 0 spiro atoms. The van der Waals surface area contributed by atoms with E-state index in [1.165, 1.54) is 20.3 Å². The van der Waals surface area contributed by atoms with Gasteiger partial charge in [0.05, 0.1) is 95.8 Å².